The first-order valence-electron chi connectivity index (χ1n) is 10.4. The summed E-state index contributed by atoms with van der Waals surface area (Å²) >= 11 is 0. The third-order valence-corrected chi connectivity index (χ3v) is 7.17. The maximum absolute atomic E-state index is 12.5. The predicted molar refractivity (Wildman–Crippen MR) is 98.2 cm³/mol. The lowest BCUT2D eigenvalue weighted by molar-refractivity contribution is 0.0662. The summed E-state index contributed by atoms with van der Waals surface area (Å²) in [6.07, 6.45) is 7.76. The van der Waals surface area contributed by atoms with Gasteiger partial charge in [0.2, 0.25) is 0 Å². The van der Waals surface area contributed by atoms with Crippen LogP contribution in [0.1, 0.15) is 58.3 Å². The van der Waals surface area contributed by atoms with Gasteiger partial charge >= 0.3 is 12.1 Å². The minimum atomic E-state index is -0.786. The number of likely N-dealkylation sites (tertiary alicyclic amines) is 2. The Labute approximate surface area is 155 Å². The maximum Gasteiger partial charge on any atom is 0.407 e. The molecule has 3 aliphatic heterocycles. The number of rotatable bonds is 3. The number of hydrogen-bond donors (Lipinski definition) is 2. The lowest BCUT2D eigenvalue weighted by Crippen LogP contribution is -2.54. The minimum absolute atomic E-state index is 0.113. The van der Waals surface area contributed by atoms with E-state index in [1.165, 1.54) is 12.8 Å². The number of carbonyl (C=O) groups excluding carboxylic acids is 1. The maximum atomic E-state index is 12.5. The van der Waals surface area contributed by atoms with Gasteiger partial charge in [-0.3, -0.25) is 4.90 Å². The third-order valence-electron chi connectivity index (χ3n) is 7.17. The molecule has 0 spiro atoms. The Balaban J connectivity index is 1.37. The van der Waals surface area contributed by atoms with Gasteiger partial charge in [0, 0.05) is 31.7 Å². The van der Waals surface area contributed by atoms with Gasteiger partial charge in [0.25, 0.3) is 0 Å². The van der Waals surface area contributed by atoms with Crippen molar-refractivity contribution in [1.29, 1.82) is 0 Å². The van der Waals surface area contributed by atoms with E-state index in [0.29, 0.717) is 30.7 Å². The minimum Gasteiger partial charge on any atom is -0.465 e. The van der Waals surface area contributed by atoms with E-state index in [0.717, 1.165) is 51.6 Å². The summed E-state index contributed by atoms with van der Waals surface area (Å²) in [6, 6.07) is 1.69. The molecule has 4 rings (SSSR count). The van der Waals surface area contributed by atoms with Crippen LogP contribution in [0.25, 0.3) is 0 Å². The molecule has 3 heterocycles. The van der Waals surface area contributed by atoms with Gasteiger partial charge in [-0.05, 0) is 38.5 Å². The van der Waals surface area contributed by atoms with Crippen molar-refractivity contribution in [2.75, 3.05) is 19.6 Å². The van der Waals surface area contributed by atoms with Crippen LogP contribution in [0.3, 0.4) is 0 Å². The monoisotopic (exact) mass is 364 g/mol. The van der Waals surface area contributed by atoms with Gasteiger partial charge in [0.1, 0.15) is 0 Å². The zero-order chi connectivity index (χ0) is 18.3. The van der Waals surface area contributed by atoms with Crippen molar-refractivity contribution < 1.29 is 14.7 Å². The van der Waals surface area contributed by atoms with Crippen molar-refractivity contribution in [1.82, 2.24) is 20.0 Å². The molecule has 1 aliphatic carbocycles. The molecule has 0 radical (unpaired) electrons. The van der Waals surface area contributed by atoms with Crippen molar-refractivity contribution in [2.45, 2.75) is 88.5 Å². The molecule has 3 saturated heterocycles. The van der Waals surface area contributed by atoms with Gasteiger partial charge in [-0.15, -0.1) is 0 Å². The molecule has 0 bridgehead atoms. The Kier molecular flexibility index (Phi) is 4.99. The topological polar surface area (TPSA) is 76.1 Å². The molecule has 146 valence electrons. The van der Waals surface area contributed by atoms with E-state index in [9.17, 15) is 14.7 Å². The molecule has 0 aromatic heterocycles. The Hall–Kier alpha value is -1.50. The van der Waals surface area contributed by atoms with E-state index in [2.05, 4.69) is 22.0 Å². The SMILES string of the molecule is CCC1[C@H](N2CCC(N3C(=O)N[C@H]4CCCC[C@@H]43)CC2)CCN1C(=O)O. The smallest absolute Gasteiger partial charge is 0.407 e. The summed E-state index contributed by atoms with van der Waals surface area (Å²) in [5.74, 6) is 0. The molecular formula is C19H32N4O3. The van der Waals surface area contributed by atoms with Crippen LogP contribution >= 0.6 is 0 Å². The predicted octanol–water partition coefficient (Wildman–Crippen LogP) is 2.32. The number of amides is 3. The van der Waals surface area contributed by atoms with Crippen molar-refractivity contribution in [3.63, 3.8) is 0 Å². The van der Waals surface area contributed by atoms with Crippen LogP contribution in [0.5, 0.6) is 0 Å². The average Bonchev–Trinajstić information content (AvgIpc) is 3.22. The molecule has 2 N–H and O–H groups in total. The molecule has 4 fully saturated rings. The zero-order valence-corrected chi connectivity index (χ0v) is 15.8. The molecule has 4 aliphatic rings. The number of carboxylic acid groups (broad SMARTS) is 1. The second-order valence-electron chi connectivity index (χ2n) is 8.39. The molecule has 0 aromatic carbocycles. The van der Waals surface area contributed by atoms with E-state index in [4.69, 9.17) is 0 Å². The molecule has 1 unspecified atom stereocenters. The number of piperidine rings is 1. The summed E-state index contributed by atoms with van der Waals surface area (Å²) in [4.78, 5) is 30.2. The van der Waals surface area contributed by atoms with E-state index >= 15 is 0 Å². The van der Waals surface area contributed by atoms with Crippen LogP contribution in [0.15, 0.2) is 0 Å². The highest BCUT2D eigenvalue weighted by Crippen LogP contribution is 2.34. The average molecular weight is 364 g/mol. The fourth-order valence-electron chi connectivity index (χ4n) is 5.92. The highest BCUT2D eigenvalue weighted by atomic mass is 16.4. The molecule has 7 nitrogen and oxygen atoms in total. The second-order valence-corrected chi connectivity index (χ2v) is 8.39. The summed E-state index contributed by atoms with van der Waals surface area (Å²) in [5.41, 5.74) is 0. The number of urea groups is 1. The number of nitrogens with one attached hydrogen (secondary N) is 1. The van der Waals surface area contributed by atoms with Crippen LogP contribution in [0.4, 0.5) is 9.59 Å². The number of hydrogen-bond acceptors (Lipinski definition) is 3. The Morgan fingerprint density at radius 3 is 2.50 bits per heavy atom. The largest absolute Gasteiger partial charge is 0.465 e. The van der Waals surface area contributed by atoms with Crippen molar-refractivity contribution in [3.8, 4) is 0 Å². The van der Waals surface area contributed by atoms with Crippen molar-refractivity contribution >= 4 is 12.1 Å². The molecule has 1 saturated carbocycles. The van der Waals surface area contributed by atoms with Gasteiger partial charge in [0.05, 0.1) is 18.1 Å². The molecule has 3 amide bonds. The molecule has 7 heteroatoms. The molecule has 4 atom stereocenters. The summed E-state index contributed by atoms with van der Waals surface area (Å²) in [7, 11) is 0. The Morgan fingerprint density at radius 2 is 1.81 bits per heavy atom. The van der Waals surface area contributed by atoms with E-state index < -0.39 is 6.09 Å². The van der Waals surface area contributed by atoms with Gasteiger partial charge in [-0.2, -0.15) is 0 Å². The van der Waals surface area contributed by atoms with Crippen LogP contribution in [0, 0.1) is 0 Å². The molecule has 26 heavy (non-hydrogen) atoms. The van der Waals surface area contributed by atoms with Gasteiger partial charge in [-0.25, -0.2) is 9.59 Å². The van der Waals surface area contributed by atoms with Crippen molar-refractivity contribution in [2.24, 2.45) is 0 Å². The highest BCUT2D eigenvalue weighted by molar-refractivity contribution is 5.78. The van der Waals surface area contributed by atoms with Crippen LogP contribution in [0.2, 0.25) is 0 Å². The lowest BCUT2D eigenvalue weighted by Gasteiger charge is -2.43. The summed E-state index contributed by atoms with van der Waals surface area (Å²) in [6.45, 7) is 4.68. The fourth-order valence-corrected chi connectivity index (χ4v) is 5.92. The van der Waals surface area contributed by atoms with Gasteiger partial charge < -0.3 is 20.2 Å². The van der Waals surface area contributed by atoms with E-state index in [1.54, 1.807) is 4.90 Å². The normalized spacial score (nSPS) is 36.3. The van der Waals surface area contributed by atoms with Gasteiger partial charge in [-0.1, -0.05) is 19.8 Å². The second kappa shape index (κ2) is 7.25. The fraction of sp³-hybridized carbons (Fsp3) is 0.895. The number of fused-ring (bicyclic) bond motifs is 1. The molecule has 0 aromatic rings. The molecular weight excluding hydrogens is 332 g/mol. The lowest BCUT2D eigenvalue weighted by atomic mass is 9.89. The van der Waals surface area contributed by atoms with Crippen LogP contribution in [-0.2, 0) is 0 Å². The van der Waals surface area contributed by atoms with Crippen LogP contribution < -0.4 is 5.32 Å². The standard InChI is InChI=1S/C19H32N4O3/c1-2-15-17(9-12-22(15)19(25)26)21-10-7-13(8-11-21)23-16-6-4-3-5-14(16)20-18(23)24/h13-17H,2-12H2,1H3,(H,20,24)(H,25,26)/t14-,15?,16-,17+/m0/s1. The van der Waals surface area contributed by atoms with Crippen molar-refractivity contribution in [3.05, 3.63) is 0 Å². The number of nitrogens with zero attached hydrogens (tertiary/aromatic N) is 3. The third kappa shape index (κ3) is 3.04. The number of carbonyl (C=O) groups is 2. The zero-order valence-electron chi connectivity index (χ0n) is 15.8. The van der Waals surface area contributed by atoms with Gasteiger partial charge in [0.15, 0.2) is 0 Å². The first-order chi connectivity index (χ1) is 12.6. The summed E-state index contributed by atoms with van der Waals surface area (Å²) in [5, 5.41) is 12.6. The van der Waals surface area contributed by atoms with Crippen LogP contribution in [-0.4, -0.2) is 81.8 Å². The highest BCUT2D eigenvalue weighted by Gasteiger charge is 2.46. The quantitative estimate of drug-likeness (QED) is 0.806. The summed E-state index contributed by atoms with van der Waals surface area (Å²) < 4.78 is 0. The first kappa shape index (κ1) is 17.9. The Bertz CT molecular complexity index is 549. The first-order valence-corrected chi connectivity index (χ1v) is 10.4. The van der Waals surface area contributed by atoms with E-state index in [1.807, 2.05) is 0 Å². The Morgan fingerprint density at radius 1 is 1.08 bits per heavy atom. The van der Waals surface area contributed by atoms with E-state index in [-0.39, 0.29) is 12.1 Å².